The minimum absolute atomic E-state index is 0.189. The van der Waals surface area contributed by atoms with E-state index < -0.39 is 0 Å². The van der Waals surface area contributed by atoms with Crippen LogP contribution in [0, 0.1) is 6.92 Å². The first kappa shape index (κ1) is 5.92. The Labute approximate surface area is 50.4 Å². The van der Waals surface area contributed by atoms with Gasteiger partial charge in [-0.3, -0.25) is 4.90 Å². The molecule has 8 heavy (non-hydrogen) atoms. The van der Waals surface area contributed by atoms with Crippen molar-refractivity contribution in [2.75, 3.05) is 26.7 Å². The van der Waals surface area contributed by atoms with E-state index in [0.717, 1.165) is 19.7 Å². The molecule has 2 heteroatoms. The zero-order valence-corrected chi connectivity index (χ0v) is 5.26. The summed E-state index contributed by atoms with van der Waals surface area (Å²) < 4.78 is 5.20. The highest BCUT2D eigenvalue weighted by Crippen LogP contribution is 1.99. The third kappa shape index (κ3) is 1.39. The maximum absolute atomic E-state index is 5.20. The van der Waals surface area contributed by atoms with E-state index in [1.807, 2.05) is 0 Å². The predicted octanol–water partition coefficient (Wildman–Crippen LogP) is 0.151. The van der Waals surface area contributed by atoms with Gasteiger partial charge in [-0.2, -0.15) is 0 Å². The van der Waals surface area contributed by atoms with E-state index in [9.17, 15) is 0 Å². The van der Waals surface area contributed by atoms with Gasteiger partial charge in [0.25, 0.3) is 0 Å². The fourth-order valence-electron chi connectivity index (χ4n) is 0.867. The molecule has 1 fully saturated rings. The fourth-order valence-corrected chi connectivity index (χ4v) is 0.867. The summed E-state index contributed by atoms with van der Waals surface area (Å²) in [5.41, 5.74) is 0. The summed E-state index contributed by atoms with van der Waals surface area (Å²) in [5.74, 6) is 0. The topological polar surface area (TPSA) is 12.5 Å². The lowest BCUT2D eigenvalue weighted by Gasteiger charge is -2.23. The Balaban J connectivity index is 2.23. The predicted molar refractivity (Wildman–Crippen MR) is 32.6 cm³/mol. The lowest BCUT2D eigenvalue weighted by atomic mass is 10.3. The Morgan fingerprint density at radius 2 is 2.50 bits per heavy atom. The minimum Gasteiger partial charge on any atom is -0.335 e. The van der Waals surface area contributed by atoms with Crippen LogP contribution >= 0.6 is 0 Å². The lowest BCUT2D eigenvalue weighted by molar-refractivity contribution is 0.00542. The van der Waals surface area contributed by atoms with Gasteiger partial charge in [0.15, 0.2) is 0 Å². The molecule has 1 aliphatic heterocycles. The third-order valence-corrected chi connectivity index (χ3v) is 1.34. The Kier molecular flexibility index (Phi) is 1.76. The average molecular weight is 114 g/mol. The number of rotatable bonds is 0. The van der Waals surface area contributed by atoms with Crippen molar-refractivity contribution in [2.45, 2.75) is 6.10 Å². The van der Waals surface area contributed by atoms with Crippen molar-refractivity contribution in [2.24, 2.45) is 0 Å². The van der Waals surface area contributed by atoms with Crippen LogP contribution in [0.25, 0.3) is 0 Å². The molecule has 2 nitrogen and oxygen atoms in total. The fraction of sp³-hybridized carbons (Fsp3) is 0.833. The number of hydrogen-bond donors (Lipinski definition) is 0. The van der Waals surface area contributed by atoms with Crippen LogP contribution in [-0.2, 0) is 4.74 Å². The normalized spacial score (nSPS) is 32.9. The SMILES string of the molecule is [CH2+]C1CN(C)CCO1. The van der Waals surface area contributed by atoms with Crippen molar-refractivity contribution in [1.29, 1.82) is 0 Å². The van der Waals surface area contributed by atoms with Crippen LogP contribution in [0.5, 0.6) is 0 Å². The molecule has 0 amide bonds. The quantitative estimate of drug-likeness (QED) is 0.416. The Bertz CT molecular complexity index is 66.9. The molecule has 0 aliphatic carbocycles. The molecule has 1 unspecified atom stereocenters. The van der Waals surface area contributed by atoms with Crippen LogP contribution in [0.3, 0.4) is 0 Å². The maximum atomic E-state index is 5.20. The molecule has 1 saturated heterocycles. The zero-order valence-electron chi connectivity index (χ0n) is 5.26. The van der Waals surface area contributed by atoms with Gasteiger partial charge in [-0.25, -0.2) is 0 Å². The van der Waals surface area contributed by atoms with Gasteiger partial charge in [-0.05, 0) is 7.05 Å². The summed E-state index contributed by atoms with van der Waals surface area (Å²) in [4.78, 5) is 2.22. The van der Waals surface area contributed by atoms with Gasteiger partial charge in [-0.15, -0.1) is 0 Å². The first-order valence-electron chi connectivity index (χ1n) is 2.92. The summed E-state index contributed by atoms with van der Waals surface area (Å²) in [6.07, 6.45) is 0.189. The van der Waals surface area contributed by atoms with Gasteiger partial charge < -0.3 is 4.74 Å². The highest BCUT2D eigenvalue weighted by atomic mass is 16.5. The van der Waals surface area contributed by atoms with Gasteiger partial charge in [0.05, 0.1) is 20.1 Å². The van der Waals surface area contributed by atoms with Crippen molar-refractivity contribution in [1.82, 2.24) is 4.90 Å². The monoisotopic (exact) mass is 114 g/mol. The molecule has 1 rings (SSSR count). The molecule has 0 radical (unpaired) electrons. The van der Waals surface area contributed by atoms with Crippen molar-refractivity contribution in [3.63, 3.8) is 0 Å². The molecule has 1 atom stereocenters. The summed E-state index contributed by atoms with van der Waals surface area (Å²) in [5, 5.41) is 0. The van der Waals surface area contributed by atoms with Crippen LogP contribution in [0.15, 0.2) is 0 Å². The molecule has 0 N–H and O–H groups in total. The molecule has 0 aromatic carbocycles. The van der Waals surface area contributed by atoms with E-state index in [4.69, 9.17) is 4.74 Å². The minimum atomic E-state index is 0.189. The molecule has 46 valence electrons. The highest BCUT2D eigenvalue weighted by molar-refractivity contribution is 4.69. The third-order valence-electron chi connectivity index (χ3n) is 1.34. The summed E-state index contributed by atoms with van der Waals surface area (Å²) in [7, 11) is 2.08. The smallest absolute Gasteiger partial charge is 0.207 e. The van der Waals surface area contributed by atoms with Crippen LogP contribution in [0.2, 0.25) is 0 Å². The van der Waals surface area contributed by atoms with Gasteiger partial charge in [0, 0.05) is 6.54 Å². The van der Waals surface area contributed by atoms with Gasteiger partial charge in [0.1, 0.15) is 0 Å². The second-order valence-electron chi connectivity index (χ2n) is 2.26. The van der Waals surface area contributed by atoms with E-state index >= 15 is 0 Å². The summed E-state index contributed by atoms with van der Waals surface area (Å²) in [6.45, 7) is 6.64. The van der Waals surface area contributed by atoms with E-state index in [1.54, 1.807) is 0 Å². The van der Waals surface area contributed by atoms with Crippen molar-refractivity contribution < 1.29 is 4.74 Å². The Morgan fingerprint density at radius 1 is 1.75 bits per heavy atom. The molecular weight excluding hydrogens is 102 g/mol. The first-order valence-corrected chi connectivity index (χ1v) is 2.92. The molecule has 1 heterocycles. The van der Waals surface area contributed by atoms with E-state index in [1.165, 1.54) is 0 Å². The molecule has 0 aromatic heterocycles. The molecule has 0 spiro atoms. The molecule has 0 bridgehead atoms. The van der Waals surface area contributed by atoms with Crippen LogP contribution < -0.4 is 0 Å². The van der Waals surface area contributed by atoms with Gasteiger partial charge in [-0.1, -0.05) is 0 Å². The van der Waals surface area contributed by atoms with E-state index in [2.05, 4.69) is 18.9 Å². The van der Waals surface area contributed by atoms with Crippen LogP contribution in [0.4, 0.5) is 0 Å². The van der Waals surface area contributed by atoms with E-state index in [-0.39, 0.29) is 6.10 Å². The summed E-state index contributed by atoms with van der Waals surface area (Å²) in [6, 6.07) is 0. The zero-order chi connectivity index (χ0) is 5.98. The second kappa shape index (κ2) is 2.37. The van der Waals surface area contributed by atoms with E-state index in [0.29, 0.717) is 0 Å². The Hall–Kier alpha value is -0.210. The van der Waals surface area contributed by atoms with Gasteiger partial charge >= 0.3 is 0 Å². The molecule has 0 saturated carbocycles. The van der Waals surface area contributed by atoms with Crippen LogP contribution in [-0.4, -0.2) is 37.7 Å². The molecule has 0 aromatic rings. The standard InChI is InChI=1S/C6H12NO/c1-6-5-7(2)3-4-8-6/h6H,1,3-5H2,2H3/q+1. The largest absolute Gasteiger partial charge is 0.335 e. The van der Waals surface area contributed by atoms with Crippen LogP contribution in [0.1, 0.15) is 0 Å². The lowest BCUT2D eigenvalue weighted by Crippen LogP contribution is -2.38. The number of nitrogens with zero attached hydrogens (tertiary/aromatic N) is 1. The number of hydrogen-bond acceptors (Lipinski definition) is 2. The first-order chi connectivity index (χ1) is 3.79. The van der Waals surface area contributed by atoms with Gasteiger partial charge in [0.2, 0.25) is 6.10 Å². The number of ether oxygens (including phenoxy) is 1. The second-order valence-corrected chi connectivity index (χ2v) is 2.26. The summed E-state index contributed by atoms with van der Waals surface area (Å²) >= 11 is 0. The van der Waals surface area contributed by atoms with Crippen molar-refractivity contribution in [3.8, 4) is 0 Å². The average Bonchev–Trinajstić information content (AvgIpc) is 1.64. The molecular formula is C6H12NO+. The number of morpholine rings is 1. The Morgan fingerprint density at radius 3 is 2.88 bits per heavy atom. The maximum Gasteiger partial charge on any atom is 0.207 e. The highest BCUT2D eigenvalue weighted by Gasteiger charge is 2.16. The van der Waals surface area contributed by atoms with Crippen molar-refractivity contribution in [3.05, 3.63) is 6.92 Å². The number of likely N-dealkylation sites (N-methyl/N-ethyl adjacent to an activating group) is 1. The molecule has 1 aliphatic rings. The van der Waals surface area contributed by atoms with Crippen molar-refractivity contribution >= 4 is 0 Å².